The van der Waals surface area contributed by atoms with Crippen LogP contribution in [0.25, 0.3) is 10.2 Å². The Morgan fingerprint density at radius 2 is 2.00 bits per heavy atom. The summed E-state index contributed by atoms with van der Waals surface area (Å²) in [6.45, 7) is 2.09. The molecule has 0 unspecified atom stereocenters. The van der Waals surface area contributed by atoms with Gasteiger partial charge in [-0.3, -0.25) is 9.48 Å². The van der Waals surface area contributed by atoms with Crippen molar-refractivity contribution in [2.45, 2.75) is 6.92 Å². The molecule has 0 saturated heterocycles. The summed E-state index contributed by atoms with van der Waals surface area (Å²) in [5, 5.41) is 4.18. The molecule has 1 aliphatic heterocycles. The molecular formula is C15H14N4O3S. The minimum Gasteiger partial charge on any atom is -0.454 e. The average Bonchev–Trinajstić information content (AvgIpc) is 3.16. The van der Waals surface area contributed by atoms with Gasteiger partial charge in [-0.1, -0.05) is 11.3 Å². The van der Waals surface area contributed by atoms with Crippen molar-refractivity contribution in [3.63, 3.8) is 0 Å². The van der Waals surface area contributed by atoms with Crippen molar-refractivity contribution >= 4 is 27.5 Å². The van der Waals surface area contributed by atoms with E-state index in [2.05, 4.69) is 10.1 Å². The third-order valence-corrected chi connectivity index (χ3v) is 4.82. The van der Waals surface area contributed by atoms with Crippen LogP contribution in [-0.4, -0.2) is 27.0 Å². The number of amides is 1. The minimum atomic E-state index is -0.310. The molecule has 1 aliphatic rings. The van der Waals surface area contributed by atoms with Crippen LogP contribution < -0.4 is 14.3 Å². The van der Waals surface area contributed by atoms with E-state index in [1.54, 1.807) is 17.8 Å². The van der Waals surface area contributed by atoms with Crippen molar-refractivity contribution in [1.82, 2.24) is 14.3 Å². The number of ether oxygens (including phenoxy) is 2. The summed E-state index contributed by atoms with van der Waals surface area (Å²) < 4.78 is 15.2. The van der Waals surface area contributed by atoms with E-state index < -0.39 is 0 Å². The van der Waals surface area contributed by atoms with Gasteiger partial charge in [0.15, 0.2) is 16.3 Å². The third kappa shape index (κ3) is 2.22. The summed E-state index contributed by atoms with van der Waals surface area (Å²) in [5.74, 6) is 1.13. The molecule has 3 aromatic rings. The zero-order valence-electron chi connectivity index (χ0n) is 12.9. The maximum absolute atomic E-state index is 12.4. The van der Waals surface area contributed by atoms with E-state index in [9.17, 15) is 4.79 Å². The Morgan fingerprint density at radius 1 is 1.26 bits per heavy atom. The molecule has 23 heavy (non-hydrogen) atoms. The number of thiazole rings is 1. The number of hydrogen-bond acceptors (Lipinski definition) is 5. The Bertz CT molecular complexity index is 1010. The Hall–Kier alpha value is -2.61. The molecule has 0 radical (unpaired) electrons. The highest BCUT2D eigenvalue weighted by atomic mass is 32.1. The zero-order valence-corrected chi connectivity index (χ0v) is 13.7. The fourth-order valence-electron chi connectivity index (χ4n) is 2.58. The average molecular weight is 330 g/mol. The lowest BCUT2D eigenvalue weighted by atomic mass is 10.3. The van der Waals surface area contributed by atoms with Gasteiger partial charge in [-0.15, -0.1) is 0 Å². The molecule has 4 rings (SSSR count). The smallest absolute Gasteiger partial charge is 0.297 e. The van der Waals surface area contributed by atoms with E-state index in [-0.39, 0.29) is 12.7 Å². The topological polar surface area (TPSA) is 70.6 Å². The molecule has 8 heteroatoms. The number of carbonyl (C=O) groups excluding carboxylic acids is 1. The molecule has 0 N–H and O–H groups in total. The summed E-state index contributed by atoms with van der Waals surface area (Å²) in [5.41, 5.74) is 2.21. The monoisotopic (exact) mass is 330 g/mol. The molecule has 0 aliphatic carbocycles. The Kier molecular flexibility index (Phi) is 3.02. The number of aromatic nitrogens is 3. The number of carbonyl (C=O) groups is 1. The van der Waals surface area contributed by atoms with Crippen LogP contribution in [0, 0.1) is 6.92 Å². The van der Waals surface area contributed by atoms with Gasteiger partial charge in [0.25, 0.3) is 5.91 Å². The summed E-state index contributed by atoms with van der Waals surface area (Å²) in [4.78, 5) is 17.3. The second kappa shape index (κ2) is 4.95. The van der Waals surface area contributed by atoms with Gasteiger partial charge in [0.1, 0.15) is 5.69 Å². The van der Waals surface area contributed by atoms with E-state index in [0.717, 1.165) is 21.7 Å². The van der Waals surface area contributed by atoms with Gasteiger partial charge < -0.3 is 14.0 Å². The molecule has 1 amide bonds. The van der Waals surface area contributed by atoms with E-state index in [0.29, 0.717) is 16.2 Å². The van der Waals surface area contributed by atoms with Crippen LogP contribution in [0.5, 0.6) is 11.5 Å². The van der Waals surface area contributed by atoms with Crippen molar-refractivity contribution in [2.75, 3.05) is 6.79 Å². The molecule has 1 aromatic carbocycles. The lowest BCUT2D eigenvalue weighted by molar-refractivity contribution is 0.0989. The first-order valence-electron chi connectivity index (χ1n) is 7.02. The first-order valence-corrected chi connectivity index (χ1v) is 7.83. The van der Waals surface area contributed by atoms with Gasteiger partial charge in [0, 0.05) is 26.2 Å². The number of aryl methyl sites for hydroxylation is 3. The Morgan fingerprint density at radius 3 is 2.70 bits per heavy atom. The number of rotatable bonds is 1. The van der Waals surface area contributed by atoms with E-state index >= 15 is 0 Å². The zero-order chi connectivity index (χ0) is 16.1. The second-order valence-corrected chi connectivity index (χ2v) is 6.34. The summed E-state index contributed by atoms with van der Waals surface area (Å²) >= 11 is 1.44. The van der Waals surface area contributed by atoms with Gasteiger partial charge in [-0.25, -0.2) is 0 Å². The second-order valence-electron chi connectivity index (χ2n) is 5.33. The van der Waals surface area contributed by atoms with Crippen molar-refractivity contribution in [3.05, 3.63) is 34.4 Å². The highest BCUT2D eigenvalue weighted by Gasteiger charge is 2.17. The quantitative estimate of drug-likeness (QED) is 0.681. The van der Waals surface area contributed by atoms with Gasteiger partial charge in [0.2, 0.25) is 6.79 Å². The SMILES string of the molecule is Cc1cc(C(=O)N=c2sc3cc4c(cc3n2C)OCO4)n(C)n1. The van der Waals surface area contributed by atoms with Crippen LogP contribution in [0.1, 0.15) is 16.2 Å². The number of nitrogens with zero attached hydrogens (tertiary/aromatic N) is 4. The maximum Gasteiger partial charge on any atom is 0.297 e. The molecule has 0 fully saturated rings. The van der Waals surface area contributed by atoms with Crippen molar-refractivity contribution < 1.29 is 14.3 Å². The molecule has 0 saturated carbocycles. The molecule has 118 valence electrons. The predicted molar refractivity (Wildman–Crippen MR) is 84.8 cm³/mol. The normalized spacial score (nSPS) is 14.0. The summed E-state index contributed by atoms with van der Waals surface area (Å²) in [7, 11) is 3.61. The highest BCUT2D eigenvalue weighted by molar-refractivity contribution is 7.16. The molecule has 2 aromatic heterocycles. The van der Waals surface area contributed by atoms with Gasteiger partial charge >= 0.3 is 0 Å². The maximum atomic E-state index is 12.4. The fourth-order valence-corrected chi connectivity index (χ4v) is 3.61. The van der Waals surface area contributed by atoms with Crippen LogP contribution >= 0.6 is 11.3 Å². The van der Waals surface area contributed by atoms with Crippen molar-refractivity contribution in [1.29, 1.82) is 0 Å². The fraction of sp³-hybridized carbons (Fsp3) is 0.267. The molecule has 3 heterocycles. The standard InChI is InChI=1S/C15H14N4O3S/c1-8-4-10(19(3)17-8)14(20)16-15-18(2)9-5-11-12(22-7-21-11)6-13(9)23-15/h4-6H,7H2,1-3H3. The first-order chi connectivity index (χ1) is 11.0. The van der Waals surface area contributed by atoms with Crippen LogP contribution in [0.4, 0.5) is 0 Å². The van der Waals surface area contributed by atoms with Crippen molar-refractivity contribution in [2.24, 2.45) is 19.1 Å². The number of benzene rings is 1. The molecule has 7 nitrogen and oxygen atoms in total. The van der Waals surface area contributed by atoms with Crippen LogP contribution in [0.3, 0.4) is 0 Å². The Balaban J connectivity index is 1.84. The first kappa shape index (κ1) is 14.0. The van der Waals surface area contributed by atoms with Crippen LogP contribution in [-0.2, 0) is 14.1 Å². The van der Waals surface area contributed by atoms with Gasteiger partial charge in [0.05, 0.1) is 15.9 Å². The van der Waals surface area contributed by atoms with E-state index in [1.165, 1.54) is 11.3 Å². The minimum absolute atomic E-state index is 0.242. The van der Waals surface area contributed by atoms with Crippen LogP contribution in [0.15, 0.2) is 23.2 Å². The van der Waals surface area contributed by atoms with Gasteiger partial charge in [-0.05, 0) is 13.0 Å². The third-order valence-electron chi connectivity index (χ3n) is 3.72. The van der Waals surface area contributed by atoms with Crippen LogP contribution in [0.2, 0.25) is 0 Å². The van der Waals surface area contributed by atoms with Crippen molar-refractivity contribution in [3.8, 4) is 11.5 Å². The predicted octanol–water partition coefficient (Wildman–Crippen LogP) is 1.75. The number of fused-ring (bicyclic) bond motifs is 2. The molecule has 0 bridgehead atoms. The van der Waals surface area contributed by atoms with E-state index in [1.807, 2.05) is 30.7 Å². The van der Waals surface area contributed by atoms with Gasteiger partial charge in [-0.2, -0.15) is 10.1 Å². The molecular weight excluding hydrogens is 316 g/mol. The lowest BCUT2D eigenvalue weighted by Gasteiger charge is -1.98. The summed E-state index contributed by atoms with van der Waals surface area (Å²) in [6.07, 6.45) is 0. The highest BCUT2D eigenvalue weighted by Crippen LogP contribution is 2.36. The number of hydrogen-bond donors (Lipinski definition) is 0. The summed E-state index contributed by atoms with van der Waals surface area (Å²) in [6, 6.07) is 5.56. The molecule has 0 spiro atoms. The Labute approximate surface area is 135 Å². The largest absolute Gasteiger partial charge is 0.454 e. The lowest BCUT2D eigenvalue weighted by Crippen LogP contribution is -2.14. The van der Waals surface area contributed by atoms with E-state index in [4.69, 9.17) is 9.47 Å². The molecule has 0 atom stereocenters.